The van der Waals surface area contributed by atoms with Gasteiger partial charge in [-0.3, -0.25) is 0 Å². The molecular weight excluding hydrogens is 621 g/mol. The van der Waals surface area contributed by atoms with Gasteiger partial charge in [0.15, 0.2) is 0 Å². The fraction of sp³-hybridized carbons (Fsp3) is 0.462. The number of benzene rings is 2. The topological polar surface area (TPSA) is 44.2 Å². The second-order valence-electron chi connectivity index (χ2n) is 9.85. The summed E-state index contributed by atoms with van der Waals surface area (Å²) in [5.74, 6) is 2.66. The molecule has 0 aliphatic heterocycles. The van der Waals surface area contributed by atoms with Gasteiger partial charge < -0.3 is 9.47 Å². The summed E-state index contributed by atoms with van der Waals surface area (Å²) in [6, 6.07) is 16.9. The molecule has 4 nitrogen and oxygen atoms in total. The minimum Gasteiger partial charge on any atom is -0.384 e. The molecule has 4 unspecified atom stereocenters. The monoisotopic (exact) mass is 656 g/mol. The standard InChI is InChI=1S/C26H36N2O2S6Si2/c1-29-25(37(3)4)17(23-27-19-11-7-9-13-21(19)33-23)15-31-35-36-32-16-18(26(30-2)38(5)6)24-28-20-12-8-10-14-22(20)34-24/h7-14,17-18,25-26,37-38H,15-16H2,1-6H3. The number of methoxy groups -OCH3 is 2. The van der Waals surface area contributed by atoms with Crippen molar-refractivity contribution in [2.24, 2.45) is 0 Å². The van der Waals surface area contributed by atoms with Gasteiger partial charge in [0, 0.05) is 37.6 Å². The van der Waals surface area contributed by atoms with E-state index in [1.54, 1.807) is 0 Å². The van der Waals surface area contributed by atoms with Crippen LogP contribution in [0.4, 0.5) is 0 Å². The number of aromatic nitrogens is 2. The second kappa shape index (κ2) is 15.3. The number of nitrogens with zero attached hydrogens (tertiary/aromatic N) is 2. The first-order valence-electron chi connectivity index (χ1n) is 12.8. The Morgan fingerprint density at radius 3 is 1.42 bits per heavy atom. The van der Waals surface area contributed by atoms with Crippen molar-refractivity contribution in [1.29, 1.82) is 0 Å². The van der Waals surface area contributed by atoms with Crippen LogP contribution in [-0.4, -0.2) is 64.7 Å². The first-order chi connectivity index (χ1) is 18.4. The lowest BCUT2D eigenvalue weighted by Crippen LogP contribution is -2.34. The fourth-order valence-corrected chi connectivity index (χ4v) is 17.9. The molecule has 0 N–H and O–H groups in total. The maximum absolute atomic E-state index is 6.05. The van der Waals surface area contributed by atoms with E-state index < -0.39 is 17.6 Å². The summed E-state index contributed by atoms with van der Waals surface area (Å²) in [7, 11) is 9.33. The first kappa shape index (κ1) is 30.9. The summed E-state index contributed by atoms with van der Waals surface area (Å²) in [5, 5.41) is 2.43. The third kappa shape index (κ3) is 7.83. The van der Waals surface area contributed by atoms with Crippen LogP contribution in [-0.2, 0) is 9.47 Å². The third-order valence-electron chi connectivity index (χ3n) is 6.53. The molecule has 0 bridgehead atoms. The Bertz CT molecular complexity index is 1120. The molecule has 0 saturated heterocycles. The number of para-hydroxylation sites is 2. The maximum Gasteiger partial charge on any atom is 0.100 e. The molecule has 0 aliphatic carbocycles. The molecular formula is C26H36N2O2S6Si2. The van der Waals surface area contributed by atoms with Gasteiger partial charge in [-0.2, -0.15) is 0 Å². The molecule has 12 heteroatoms. The molecule has 4 rings (SSSR count). The molecule has 38 heavy (non-hydrogen) atoms. The van der Waals surface area contributed by atoms with Crippen molar-refractivity contribution in [2.45, 2.75) is 49.5 Å². The SMILES string of the molecule is COC(C(CSSSSCC(c1nc2ccccc2s1)C(OC)[SiH](C)C)c1nc2ccccc2s1)[SiH](C)C. The maximum atomic E-state index is 6.05. The van der Waals surface area contributed by atoms with E-state index in [-0.39, 0.29) is 11.5 Å². The molecule has 4 atom stereocenters. The van der Waals surface area contributed by atoms with E-state index in [1.165, 1.54) is 19.4 Å². The number of rotatable bonds is 15. The summed E-state index contributed by atoms with van der Waals surface area (Å²) < 4.78 is 14.6. The molecule has 0 aliphatic rings. The molecule has 0 spiro atoms. The molecule has 0 saturated carbocycles. The lowest BCUT2D eigenvalue weighted by atomic mass is 10.2. The zero-order valence-electron chi connectivity index (χ0n) is 22.7. The van der Waals surface area contributed by atoms with E-state index >= 15 is 0 Å². The van der Waals surface area contributed by atoms with Crippen LogP contribution >= 0.6 is 63.9 Å². The Morgan fingerprint density at radius 2 is 1.08 bits per heavy atom. The van der Waals surface area contributed by atoms with Crippen molar-refractivity contribution in [3.05, 3.63) is 58.5 Å². The summed E-state index contributed by atoms with van der Waals surface area (Å²) in [6.07, 6.45) is 0. The van der Waals surface area contributed by atoms with E-state index in [0.29, 0.717) is 11.8 Å². The summed E-state index contributed by atoms with van der Waals surface area (Å²) in [6.45, 7) is 9.51. The van der Waals surface area contributed by atoms with Gasteiger partial charge in [0.05, 0.1) is 49.5 Å². The molecule has 206 valence electrons. The number of hydrogen-bond acceptors (Lipinski definition) is 10. The zero-order valence-corrected chi connectivity index (χ0v) is 29.9. The van der Waals surface area contributed by atoms with Crippen LogP contribution < -0.4 is 0 Å². The first-order valence-corrected chi connectivity index (χ1v) is 25.5. The van der Waals surface area contributed by atoms with Gasteiger partial charge in [0.25, 0.3) is 0 Å². The largest absolute Gasteiger partial charge is 0.384 e. The Morgan fingerprint density at radius 1 is 0.684 bits per heavy atom. The Hall–Kier alpha value is -0.0262. The molecule has 0 radical (unpaired) electrons. The fourth-order valence-electron chi connectivity index (χ4n) is 4.75. The van der Waals surface area contributed by atoms with E-state index in [1.807, 2.05) is 78.1 Å². The average molecular weight is 657 g/mol. The van der Waals surface area contributed by atoms with Crippen molar-refractivity contribution in [3.63, 3.8) is 0 Å². The van der Waals surface area contributed by atoms with Crippen molar-refractivity contribution in [3.8, 4) is 0 Å². The number of hydrogen-bond donors (Lipinski definition) is 0. The van der Waals surface area contributed by atoms with Gasteiger partial charge in [0.1, 0.15) is 10.0 Å². The molecule has 2 aromatic carbocycles. The van der Waals surface area contributed by atoms with Gasteiger partial charge in [0.2, 0.25) is 0 Å². The highest BCUT2D eigenvalue weighted by Gasteiger charge is 2.31. The third-order valence-corrected chi connectivity index (χ3v) is 19.5. The van der Waals surface area contributed by atoms with Crippen LogP contribution in [0, 0.1) is 0 Å². The van der Waals surface area contributed by atoms with Gasteiger partial charge in [-0.15, -0.1) is 22.7 Å². The van der Waals surface area contributed by atoms with Gasteiger partial charge in [-0.25, -0.2) is 9.97 Å². The highest BCUT2D eigenvalue weighted by atomic mass is 33.7. The van der Waals surface area contributed by atoms with Crippen LogP contribution in [0.15, 0.2) is 48.5 Å². The van der Waals surface area contributed by atoms with Crippen LogP contribution in [0.2, 0.25) is 26.2 Å². The summed E-state index contributed by atoms with van der Waals surface area (Å²) in [5.41, 5.74) is 2.76. The average Bonchev–Trinajstić information content (AvgIpc) is 3.53. The lowest BCUT2D eigenvalue weighted by Gasteiger charge is -2.27. The molecule has 0 amide bonds. The minimum absolute atomic E-state index is 0.281. The van der Waals surface area contributed by atoms with Crippen LogP contribution in [0.3, 0.4) is 0 Å². The zero-order chi connectivity index (χ0) is 27.1. The Balaban J connectivity index is 1.37. The second-order valence-corrected chi connectivity index (χ2v) is 24.4. The molecule has 0 fully saturated rings. The summed E-state index contributed by atoms with van der Waals surface area (Å²) >= 11 is 3.65. The molecule has 4 aromatic rings. The van der Waals surface area contributed by atoms with Crippen LogP contribution in [0.25, 0.3) is 20.4 Å². The van der Waals surface area contributed by atoms with Crippen molar-refractivity contribution >= 4 is 102 Å². The van der Waals surface area contributed by atoms with Crippen molar-refractivity contribution in [1.82, 2.24) is 9.97 Å². The van der Waals surface area contributed by atoms with E-state index in [2.05, 4.69) is 74.7 Å². The Labute approximate surface area is 253 Å². The minimum atomic E-state index is -1.02. The normalized spacial score (nSPS) is 15.5. The van der Waals surface area contributed by atoms with Crippen LogP contribution in [0.1, 0.15) is 21.9 Å². The van der Waals surface area contributed by atoms with E-state index in [4.69, 9.17) is 19.4 Å². The predicted molar refractivity (Wildman–Crippen MR) is 184 cm³/mol. The van der Waals surface area contributed by atoms with E-state index in [9.17, 15) is 0 Å². The van der Waals surface area contributed by atoms with Gasteiger partial charge in [-0.05, 0) is 43.9 Å². The predicted octanol–water partition coefficient (Wildman–Crippen LogP) is 8.53. The quantitative estimate of drug-likeness (QED) is 0.0717. The van der Waals surface area contributed by atoms with Gasteiger partial charge in [-0.1, -0.05) is 72.0 Å². The van der Waals surface area contributed by atoms with Gasteiger partial charge >= 0.3 is 0 Å². The van der Waals surface area contributed by atoms with Crippen molar-refractivity contribution in [2.75, 3.05) is 25.7 Å². The highest BCUT2D eigenvalue weighted by molar-refractivity contribution is 9.26. The van der Waals surface area contributed by atoms with Crippen molar-refractivity contribution < 1.29 is 9.47 Å². The van der Waals surface area contributed by atoms with E-state index in [0.717, 1.165) is 22.5 Å². The van der Waals surface area contributed by atoms with Crippen LogP contribution in [0.5, 0.6) is 0 Å². The summed E-state index contributed by atoms with van der Waals surface area (Å²) in [4.78, 5) is 10.0. The number of ether oxygens (including phenoxy) is 2. The smallest absolute Gasteiger partial charge is 0.100 e. The highest BCUT2D eigenvalue weighted by Crippen LogP contribution is 2.48. The molecule has 2 aromatic heterocycles. The number of fused-ring (bicyclic) bond motifs is 2. The lowest BCUT2D eigenvalue weighted by molar-refractivity contribution is 0.144. The Kier molecular flexibility index (Phi) is 12.4. The molecule has 2 heterocycles. The number of thiazole rings is 2.